The first-order chi connectivity index (χ1) is 8.79. The van der Waals surface area contributed by atoms with Crippen LogP contribution in [0.5, 0.6) is 0 Å². The molecule has 2 nitrogen and oxygen atoms in total. The maximum Gasteiger partial charge on any atom is 0.108 e. The van der Waals surface area contributed by atoms with E-state index in [9.17, 15) is 0 Å². The molecule has 0 amide bonds. The van der Waals surface area contributed by atoms with E-state index < -0.39 is 0 Å². The van der Waals surface area contributed by atoms with Crippen molar-refractivity contribution in [2.24, 2.45) is 5.92 Å². The van der Waals surface area contributed by atoms with E-state index in [2.05, 4.69) is 62.8 Å². The summed E-state index contributed by atoms with van der Waals surface area (Å²) in [6, 6.07) is 10.8. The van der Waals surface area contributed by atoms with Gasteiger partial charge in [-0.05, 0) is 40.5 Å². The minimum atomic E-state index is 0.825. The van der Waals surface area contributed by atoms with E-state index in [0.717, 1.165) is 12.5 Å². The fourth-order valence-corrected chi connectivity index (χ4v) is 4.02. The number of thiazole rings is 1. The van der Waals surface area contributed by atoms with E-state index in [-0.39, 0.29) is 0 Å². The third-order valence-electron chi connectivity index (χ3n) is 3.28. The first kappa shape index (κ1) is 12.6. The van der Waals surface area contributed by atoms with Gasteiger partial charge < -0.3 is 0 Å². The van der Waals surface area contributed by atoms with Gasteiger partial charge in [-0.15, -0.1) is 11.3 Å². The molecule has 0 saturated carbocycles. The van der Waals surface area contributed by atoms with Gasteiger partial charge in [0.15, 0.2) is 0 Å². The van der Waals surface area contributed by atoms with Crippen LogP contribution in [-0.4, -0.2) is 23.0 Å². The van der Waals surface area contributed by atoms with Crippen LogP contribution in [0.3, 0.4) is 0 Å². The summed E-state index contributed by atoms with van der Waals surface area (Å²) in [6.07, 6.45) is 3.18. The molecule has 0 N–H and O–H groups in total. The van der Waals surface area contributed by atoms with Gasteiger partial charge >= 0.3 is 0 Å². The zero-order valence-electron chi connectivity index (χ0n) is 10.1. The molecule has 94 valence electrons. The molecule has 0 unspecified atom stereocenters. The van der Waals surface area contributed by atoms with E-state index in [1.165, 1.54) is 33.0 Å². The normalized spacial score (nSPS) is 16.7. The molecular weight excluding hydrogens is 355 g/mol. The molecule has 3 rings (SSSR count). The lowest BCUT2D eigenvalue weighted by Gasteiger charge is -2.38. The SMILES string of the molecule is Ic1cnc(CN2CC(Cc3ccccc3)C2)s1. The lowest BCUT2D eigenvalue weighted by atomic mass is 9.92. The summed E-state index contributed by atoms with van der Waals surface area (Å²) in [5.41, 5.74) is 1.46. The molecule has 1 aromatic heterocycles. The van der Waals surface area contributed by atoms with Crippen molar-refractivity contribution < 1.29 is 0 Å². The van der Waals surface area contributed by atoms with Crippen molar-refractivity contribution in [3.05, 3.63) is 50.0 Å². The minimum absolute atomic E-state index is 0.825. The highest BCUT2D eigenvalue weighted by atomic mass is 127. The van der Waals surface area contributed by atoms with Gasteiger partial charge in [-0.2, -0.15) is 0 Å². The van der Waals surface area contributed by atoms with Crippen LogP contribution in [0.25, 0.3) is 0 Å². The summed E-state index contributed by atoms with van der Waals surface area (Å²) >= 11 is 4.14. The predicted molar refractivity (Wildman–Crippen MR) is 83.7 cm³/mol. The monoisotopic (exact) mass is 370 g/mol. The van der Waals surface area contributed by atoms with Crippen LogP contribution < -0.4 is 0 Å². The molecule has 1 aliphatic heterocycles. The lowest BCUT2D eigenvalue weighted by molar-refractivity contribution is 0.0925. The number of hydrogen-bond acceptors (Lipinski definition) is 3. The summed E-state index contributed by atoms with van der Waals surface area (Å²) < 4.78 is 1.28. The van der Waals surface area contributed by atoms with Crippen molar-refractivity contribution in [1.29, 1.82) is 0 Å². The van der Waals surface area contributed by atoms with Crippen molar-refractivity contribution >= 4 is 33.9 Å². The minimum Gasteiger partial charge on any atom is -0.296 e. The van der Waals surface area contributed by atoms with Gasteiger partial charge in [0, 0.05) is 13.1 Å². The van der Waals surface area contributed by atoms with Gasteiger partial charge in [0.2, 0.25) is 0 Å². The number of halogens is 1. The third-order valence-corrected chi connectivity index (χ3v) is 4.99. The second-order valence-electron chi connectivity index (χ2n) is 4.81. The van der Waals surface area contributed by atoms with Crippen LogP contribution in [0.4, 0.5) is 0 Å². The number of nitrogens with zero attached hydrogens (tertiary/aromatic N) is 2. The van der Waals surface area contributed by atoms with Crippen LogP contribution in [-0.2, 0) is 13.0 Å². The number of aromatic nitrogens is 1. The molecule has 1 saturated heterocycles. The second-order valence-corrected chi connectivity index (χ2v) is 7.82. The molecule has 1 fully saturated rings. The average Bonchev–Trinajstić information content (AvgIpc) is 2.73. The number of rotatable bonds is 4. The van der Waals surface area contributed by atoms with Crippen LogP contribution in [0.15, 0.2) is 36.5 Å². The lowest BCUT2D eigenvalue weighted by Crippen LogP contribution is -2.46. The van der Waals surface area contributed by atoms with Crippen molar-refractivity contribution in [3.8, 4) is 0 Å². The first-order valence-electron chi connectivity index (χ1n) is 6.16. The highest BCUT2D eigenvalue weighted by Gasteiger charge is 2.27. The highest BCUT2D eigenvalue weighted by molar-refractivity contribution is 14.1. The van der Waals surface area contributed by atoms with Crippen molar-refractivity contribution in [2.75, 3.05) is 13.1 Å². The van der Waals surface area contributed by atoms with E-state index >= 15 is 0 Å². The Labute approximate surface area is 125 Å². The average molecular weight is 370 g/mol. The molecule has 0 radical (unpaired) electrons. The third kappa shape index (κ3) is 3.10. The maximum absolute atomic E-state index is 4.42. The molecule has 18 heavy (non-hydrogen) atoms. The molecule has 1 aliphatic rings. The molecule has 1 aromatic carbocycles. The van der Waals surface area contributed by atoms with Crippen LogP contribution >= 0.6 is 33.9 Å². The summed E-state index contributed by atoms with van der Waals surface area (Å²) in [5, 5.41) is 1.25. The Kier molecular flexibility index (Phi) is 3.96. The largest absolute Gasteiger partial charge is 0.296 e. The Bertz CT molecular complexity index is 506. The Balaban J connectivity index is 1.46. The number of hydrogen-bond donors (Lipinski definition) is 0. The summed E-state index contributed by atoms with van der Waals surface area (Å²) in [7, 11) is 0. The Hall–Kier alpha value is -0.460. The first-order valence-corrected chi connectivity index (χ1v) is 8.05. The van der Waals surface area contributed by atoms with Crippen LogP contribution in [0.2, 0.25) is 0 Å². The van der Waals surface area contributed by atoms with Crippen LogP contribution in [0.1, 0.15) is 10.6 Å². The standard InChI is InChI=1S/C14H15IN2S/c15-13-7-16-14(18-13)10-17-8-12(9-17)6-11-4-2-1-3-5-11/h1-5,7,12H,6,8-10H2. The molecule has 0 spiro atoms. The molecular formula is C14H15IN2S. The van der Waals surface area contributed by atoms with E-state index in [1.54, 1.807) is 11.3 Å². The smallest absolute Gasteiger partial charge is 0.108 e. The Morgan fingerprint density at radius 2 is 2.06 bits per heavy atom. The molecule has 0 atom stereocenters. The molecule has 4 heteroatoms. The predicted octanol–water partition coefficient (Wildman–Crippen LogP) is 3.42. The Morgan fingerprint density at radius 1 is 1.28 bits per heavy atom. The zero-order chi connectivity index (χ0) is 12.4. The van der Waals surface area contributed by atoms with E-state index in [4.69, 9.17) is 0 Å². The summed E-state index contributed by atoms with van der Waals surface area (Å²) in [6.45, 7) is 3.45. The number of benzene rings is 1. The fraction of sp³-hybridized carbons (Fsp3) is 0.357. The highest BCUT2D eigenvalue weighted by Crippen LogP contribution is 2.24. The van der Waals surface area contributed by atoms with Gasteiger partial charge in [0.25, 0.3) is 0 Å². The van der Waals surface area contributed by atoms with Gasteiger partial charge in [-0.3, -0.25) is 4.90 Å². The number of likely N-dealkylation sites (tertiary alicyclic amines) is 1. The summed E-state index contributed by atoms with van der Waals surface area (Å²) in [4.78, 5) is 6.90. The van der Waals surface area contributed by atoms with Crippen LogP contribution in [0, 0.1) is 8.80 Å². The van der Waals surface area contributed by atoms with Gasteiger partial charge in [-0.1, -0.05) is 30.3 Å². The molecule has 0 bridgehead atoms. The summed E-state index contributed by atoms with van der Waals surface area (Å²) in [5.74, 6) is 0.825. The maximum atomic E-state index is 4.42. The zero-order valence-corrected chi connectivity index (χ0v) is 13.0. The fourth-order valence-electron chi connectivity index (χ4n) is 2.43. The quantitative estimate of drug-likeness (QED) is 0.767. The topological polar surface area (TPSA) is 16.1 Å². The Morgan fingerprint density at radius 3 is 2.72 bits per heavy atom. The van der Waals surface area contributed by atoms with Gasteiger partial charge in [-0.25, -0.2) is 4.98 Å². The van der Waals surface area contributed by atoms with Gasteiger partial charge in [0.05, 0.1) is 15.6 Å². The van der Waals surface area contributed by atoms with Gasteiger partial charge in [0.1, 0.15) is 5.01 Å². The molecule has 2 aromatic rings. The molecule has 2 heterocycles. The van der Waals surface area contributed by atoms with Crippen molar-refractivity contribution in [1.82, 2.24) is 9.88 Å². The van der Waals surface area contributed by atoms with E-state index in [1.807, 2.05) is 6.20 Å². The second kappa shape index (κ2) is 5.67. The van der Waals surface area contributed by atoms with Crippen molar-refractivity contribution in [2.45, 2.75) is 13.0 Å². The van der Waals surface area contributed by atoms with Crippen molar-refractivity contribution in [3.63, 3.8) is 0 Å². The molecule has 0 aliphatic carbocycles. The van der Waals surface area contributed by atoms with E-state index in [0.29, 0.717) is 0 Å².